The van der Waals surface area contributed by atoms with Gasteiger partial charge in [-0.25, -0.2) is 4.98 Å². The molecule has 1 N–H and O–H groups in total. The van der Waals surface area contributed by atoms with Crippen molar-refractivity contribution >= 4 is 0 Å². The molecule has 0 bridgehead atoms. The van der Waals surface area contributed by atoms with Gasteiger partial charge in [0.05, 0.1) is 12.2 Å². The number of rotatable bonds is 1. The zero-order valence-electron chi connectivity index (χ0n) is 7.72. The second-order valence-electron chi connectivity index (χ2n) is 3.24. The van der Waals surface area contributed by atoms with Gasteiger partial charge >= 0.3 is 0 Å². The van der Waals surface area contributed by atoms with Crippen molar-refractivity contribution in [2.45, 2.75) is 33.4 Å². The number of aryl methyl sites for hydroxylation is 1. The average molecular weight is 165 g/mol. The smallest absolute Gasteiger partial charge is 0.123 e. The van der Waals surface area contributed by atoms with Crippen LogP contribution in [-0.2, 0) is 19.5 Å². The zero-order valence-corrected chi connectivity index (χ0v) is 7.72. The van der Waals surface area contributed by atoms with Crippen molar-refractivity contribution in [2.24, 2.45) is 0 Å². The Bertz CT molecular complexity index is 288. The first-order valence-electron chi connectivity index (χ1n) is 4.58. The third kappa shape index (κ3) is 1.05. The standard InChI is InChI=1S/C9H15N3/c1-3-8-7(2)11-9-6-10-4-5-12(8)9/h10H,3-6H2,1-2H3. The number of hydrogen-bond donors (Lipinski definition) is 1. The highest BCUT2D eigenvalue weighted by Crippen LogP contribution is 2.13. The number of nitrogens with one attached hydrogen (secondary N) is 1. The fourth-order valence-corrected chi connectivity index (χ4v) is 1.91. The molecule has 0 atom stereocenters. The summed E-state index contributed by atoms with van der Waals surface area (Å²) in [5, 5.41) is 3.32. The zero-order chi connectivity index (χ0) is 8.55. The van der Waals surface area contributed by atoms with Gasteiger partial charge in [-0.15, -0.1) is 0 Å². The number of aromatic nitrogens is 2. The predicted molar refractivity (Wildman–Crippen MR) is 48.0 cm³/mol. The van der Waals surface area contributed by atoms with Gasteiger partial charge in [-0.1, -0.05) is 6.92 Å². The quantitative estimate of drug-likeness (QED) is 0.668. The SMILES string of the molecule is CCc1c(C)nc2n1CCNC2. The molecule has 0 aromatic carbocycles. The van der Waals surface area contributed by atoms with Crippen LogP contribution >= 0.6 is 0 Å². The van der Waals surface area contributed by atoms with Gasteiger partial charge in [0.25, 0.3) is 0 Å². The molecule has 12 heavy (non-hydrogen) atoms. The Morgan fingerprint density at radius 2 is 2.42 bits per heavy atom. The van der Waals surface area contributed by atoms with E-state index in [2.05, 4.69) is 28.7 Å². The van der Waals surface area contributed by atoms with Crippen LogP contribution in [0.15, 0.2) is 0 Å². The van der Waals surface area contributed by atoms with E-state index in [9.17, 15) is 0 Å². The molecule has 2 heterocycles. The summed E-state index contributed by atoms with van der Waals surface area (Å²) < 4.78 is 2.35. The fraction of sp³-hybridized carbons (Fsp3) is 0.667. The Balaban J connectivity index is 2.46. The topological polar surface area (TPSA) is 29.9 Å². The van der Waals surface area contributed by atoms with Crippen LogP contribution < -0.4 is 5.32 Å². The van der Waals surface area contributed by atoms with Crippen LogP contribution in [0.1, 0.15) is 24.1 Å². The molecule has 1 aromatic heterocycles. The van der Waals surface area contributed by atoms with Crippen molar-refractivity contribution in [1.82, 2.24) is 14.9 Å². The summed E-state index contributed by atoms with van der Waals surface area (Å²) in [6, 6.07) is 0. The van der Waals surface area contributed by atoms with E-state index >= 15 is 0 Å². The molecule has 0 amide bonds. The molecule has 3 heteroatoms. The molecule has 0 spiro atoms. The Morgan fingerprint density at radius 1 is 1.58 bits per heavy atom. The largest absolute Gasteiger partial charge is 0.329 e. The second-order valence-corrected chi connectivity index (χ2v) is 3.24. The summed E-state index contributed by atoms with van der Waals surface area (Å²) >= 11 is 0. The van der Waals surface area contributed by atoms with E-state index < -0.39 is 0 Å². The van der Waals surface area contributed by atoms with Crippen LogP contribution in [0.5, 0.6) is 0 Å². The van der Waals surface area contributed by atoms with E-state index in [4.69, 9.17) is 0 Å². The summed E-state index contributed by atoms with van der Waals surface area (Å²) in [6.45, 7) is 7.39. The predicted octanol–water partition coefficient (Wildman–Crippen LogP) is 0.857. The maximum atomic E-state index is 4.52. The lowest BCUT2D eigenvalue weighted by Gasteiger charge is -2.16. The molecule has 66 valence electrons. The monoisotopic (exact) mass is 165 g/mol. The summed E-state index contributed by atoms with van der Waals surface area (Å²) in [4.78, 5) is 4.52. The molecule has 0 fully saturated rings. The Labute approximate surface area is 72.8 Å². The molecule has 1 aliphatic rings. The first-order chi connectivity index (χ1) is 5.83. The molecule has 0 aliphatic carbocycles. The second kappa shape index (κ2) is 2.90. The van der Waals surface area contributed by atoms with Gasteiger partial charge in [0.1, 0.15) is 5.82 Å². The highest BCUT2D eigenvalue weighted by Gasteiger charge is 2.14. The van der Waals surface area contributed by atoms with Gasteiger partial charge in [-0.3, -0.25) is 0 Å². The third-order valence-electron chi connectivity index (χ3n) is 2.48. The van der Waals surface area contributed by atoms with Gasteiger partial charge in [0, 0.05) is 18.8 Å². The molecule has 1 aliphatic heterocycles. The summed E-state index contributed by atoms with van der Waals surface area (Å²) in [5.74, 6) is 1.20. The summed E-state index contributed by atoms with van der Waals surface area (Å²) in [5.41, 5.74) is 2.61. The highest BCUT2D eigenvalue weighted by molar-refractivity contribution is 5.17. The molecule has 2 rings (SSSR count). The summed E-state index contributed by atoms with van der Waals surface area (Å²) in [6.07, 6.45) is 1.10. The van der Waals surface area contributed by atoms with Crippen molar-refractivity contribution in [1.29, 1.82) is 0 Å². The maximum Gasteiger partial charge on any atom is 0.123 e. The van der Waals surface area contributed by atoms with E-state index in [1.54, 1.807) is 0 Å². The van der Waals surface area contributed by atoms with E-state index in [-0.39, 0.29) is 0 Å². The molecule has 0 radical (unpaired) electrons. The average Bonchev–Trinajstić information content (AvgIpc) is 2.40. The molecule has 1 aromatic rings. The maximum absolute atomic E-state index is 4.52. The Kier molecular flexibility index (Phi) is 1.89. The van der Waals surface area contributed by atoms with E-state index in [0.717, 1.165) is 26.1 Å². The molecule has 0 unspecified atom stereocenters. The van der Waals surface area contributed by atoms with Crippen LogP contribution in [0.25, 0.3) is 0 Å². The highest BCUT2D eigenvalue weighted by atomic mass is 15.2. The van der Waals surface area contributed by atoms with Crippen molar-refractivity contribution in [2.75, 3.05) is 6.54 Å². The van der Waals surface area contributed by atoms with Gasteiger partial charge in [-0.05, 0) is 13.3 Å². The fourth-order valence-electron chi connectivity index (χ4n) is 1.91. The number of hydrogen-bond acceptors (Lipinski definition) is 2. The molecule has 0 saturated carbocycles. The Morgan fingerprint density at radius 3 is 3.17 bits per heavy atom. The minimum atomic E-state index is 0.931. The van der Waals surface area contributed by atoms with E-state index in [1.165, 1.54) is 17.2 Å². The van der Waals surface area contributed by atoms with Gasteiger partial charge < -0.3 is 9.88 Å². The minimum Gasteiger partial charge on any atom is -0.329 e. The molecular formula is C9H15N3. The van der Waals surface area contributed by atoms with Crippen LogP contribution in [0.3, 0.4) is 0 Å². The lowest BCUT2D eigenvalue weighted by atomic mass is 10.3. The summed E-state index contributed by atoms with van der Waals surface area (Å²) in [7, 11) is 0. The molecule has 3 nitrogen and oxygen atoms in total. The van der Waals surface area contributed by atoms with Crippen molar-refractivity contribution in [3.63, 3.8) is 0 Å². The third-order valence-corrected chi connectivity index (χ3v) is 2.48. The number of fused-ring (bicyclic) bond motifs is 1. The van der Waals surface area contributed by atoms with Gasteiger partial charge in [0.15, 0.2) is 0 Å². The lowest BCUT2D eigenvalue weighted by molar-refractivity contribution is 0.495. The first kappa shape index (κ1) is 7.80. The molecular weight excluding hydrogens is 150 g/mol. The number of nitrogens with zero attached hydrogens (tertiary/aromatic N) is 2. The lowest BCUT2D eigenvalue weighted by Crippen LogP contribution is -2.29. The van der Waals surface area contributed by atoms with E-state index in [1.807, 2.05) is 0 Å². The van der Waals surface area contributed by atoms with E-state index in [0.29, 0.717) is 0 Å². The minimum absolute atomic E-state index is 0.931. The van der Waals surface area contributed by atoms with Crippen molar-refractivity contribution in [3.8, 4) is 0 Å². The molecule has 0 saturated heterocycles. The van der Waals surface area contributed by atoms with Crippen LogP contribution in [0.2, 0.25) is 0 Å². The Hall–Kier alpha value is -0.830. The van der Waals surface area contributed by atoms with Crippen LogP contribution in [0.4, 0.5) is 0 Å². The van der Waals surface area contributed by atoms with Crippen molar-refractivity contribution in [3.05, 3.63) is 17.2 Å². The van der Waals surface area contributed by atoms with Gasteiger partial charge in [-0.2, -0.15) is 0 Å². The van der Waals surface area contributed by atoms with Crippen LogP contribution in [-0.4, -0.2) is 16.1 Å². The van der Waals surface area contributed by atoms with Gasteiger partial charge in [0.2, 0.25) is 0 Å². The van der Waals surface area contributed by atoms with Crippen LogP contribution in [0, 0.1) is 6.92 Å². The number of imidazole rings is 1. The van der Waals surface area contributed by atoms with Crippen molar-refractivity contribution < 1.29 is 0 Å². The first-order valence-corrected chi connectivity index (χ1v) is 4.58. The normalized spacial score (nSPS) is 16.2.